The molecule has 4 rings (SSSR count). The Labute approximate surface area is 194 Å². The molecule has 32 heavy (non-hydrogen) atoms. The van der Waals surface area contributed by atoms with Gasteiger partial charge in [0, 0.05) is 23.8 Å². The van der Waals surface area contributed by atoms with E-state index in [0.29, 0.717) is 24.8 Å². The second-order valence-electron chi connectivity index (χ2n) is 8.28. The van der Waals surface area contributed by atoms with Crippen molar-refractivity contribution in [3.05, 3.63) is 70.6 Å². The van der Waals surface area contributed by atoms with Gasteiger partial charge in [-0.2, -0.15) is 0 Å². The molecule has 6 heteroatoms. The number of thioether (sulfide) groups is 1. The summed E-state index contributed by atoms with van der Waals surface area (Å²) in [7, 11) is 0. The minimum absolute atomic E-state index is 0.0309. The zero-order chi connectivity index (χ0) is 22.3. The first kappa shape index (κ1) is 22.5. The third-order valence-electron chi connectivity index (χ3n) is 6.02. The predicted molar refractivity (Wildman–Crippen MR) is 129 cm³/mol. The number of carbonyl (C=O) groups is 2. The molecule has 2 fully saturated rings. The van der Waals surface area contributed by atoms with Crippen LogP contribution in [0.4, 0.5) is 0 Å². The molecule has 0 radical (unpaired) electrons. The number of hydrogen-bond donors (Lipinski definition) is 2. The van der Waals surface area contributed by atoms with Gasteiger partial charge in [0.05, 0.1) is 11.5 Å². The van der Waals surface area contributed by atoms with Crippen molar-refractivity contribution in [3.63, 3.8) is 0 Å². The van der Waals surface area contributed by atoms with Crippen molar-refractivity contribution in [3.8, 4) is 5.75 Å². The summed E-state index contributed by atoms with van der Waals surface area (Å²) in [5.74, 6) is 0.888. The lowest BCUT2D eigenvalue weighted by atomic mass is 9.84. The molecule has 0 aromatic heterocycles. The number of ether oxygens (including phenoxy) is 1. The lowest BCUT2D eigenvalue weighted by Gasteiger charge is -2.39. The average Bonchev–Trinajstić information content (AvgIpc) is 2.81. The van der Waals surface area contributed by atoms with Gasteiger partial charge in [0.15, 0.2) is 0 Å². The molecule has 2 N–H and O–H groups in total. The van der Waals surface area contributed by atoms with E-state index in [2.05, 4.69) is 10.6 Å². The van der Waals surface area contributed by atoms with Gasteiger partial charge in [0.1, 0.15) is 5.75 Å². The normalized spacial score (nSPS) is 23.8. The second kappa shape index (κ2) is 10.7. The average molecular weight is 451 g/mol. The predicted octanol–water partition coefficient (Wildman–Crippen LogP) is 4.19. The summed E-state index contributed by atoms with van der Waals surface area (Å²) in [6.45, 7) is 3.24. The van der Waals surface area contributed by atoms with Crippen LogP contribution in [-0.2, 0) is 16.0 Å². The molecule has 2 aromatic carbocycles. The smallest absolute Gasteiger partial charge is 0.257 e. The van der Waals surface area contributed by atoms with Crippen molar-refractivity contribution in [2.24, 2.45) is 5.92 Å². The fourth-order valence-electron chi connectivity index (χ4n) is 4.32. The van der Waals surface area contributed by atoms with Crippen LogP contribution in [0.2, 0.25) is 0 Å². The van der Waals surface area contributed by atoms with E-state index in [1.54, 1.807) is 11.8 Å². The first-order valence-corrected chi connectivity index (χ1v) is 12.2. The number of fused-ring (bicyclic) bond motifs is 1. The summed E-state index contributed by atoms with van der Waals surface area (Å²) in [4.78, 5) is 26.1. The molecule has 1 saturated carbocycles. The van der Waals surface area contributed by atoms with E-state index in [4.69, 9.17) is 4.74 Å². The van der Waals surface area contributed by atoms with Crippen LogP contribution in [0.25, 0.3) is 6.08 Å². The van der Waals surface area contributed by atoms with Crippen molar-refractivity contribution >= 4 is 29.7 Å². The highest BCUT2D eigenvalue weighted by molar-refractivity contribution is 8.04. The number of amides is 2. The highest BCUT2D eigenvalue weighted by Crippen LogP contribution is 2.39. The Hall–Kier alpha value is -2.73. The van der Waals surface area contributed by atoms with E-state index in [1.165, 1.54) is 5.56 Å². The lowest BCUT2D eigenvalue weighted by molar-refractivity contribution is -0.127. The number of benzene rings is 2. The molecule has 1 aliphatic carbocycles. The molecule has 3 atom stereocenters. The SMILES string of the molecule is CCOc1ccc(CCNC(=O)C2CCC3S/C(=C\c4ccccc4)C(=O)NC3C2)cc1. The van der Waals surface area contributed by atoms with Crippen molar-refractivity contribution in [1.29, 1.82) is 0 Å². The van der Waals surface area contributed by atoms with Crippen molar-refractivity contribution in [2.75, 3.05) is 13.2 Å². The number of hydrogen-bond acceptors (Lipinski definition) is 4. The standard InChI is InChI=1S/C26H30N2O3S/c1-2-31-21-11-8-18(9-12-21)14-15-27-25(29)20-10-13-23-22(17-20)28-26(30)24(32-23)16-19-6-4-3-5-7-19/h3-9,11-12,16,20,22-23H,2,10,13-15,17H2,1H3,(H,27,29)(H,28,30)/b24-16-. The maximum atomic E-state index is 12.7. The molecule has 0 bridgehead atoms. The fourth-order valence-corrected chi connectivity index (χ4v) is 5.62. The third kappa shape index (κ3) is 5.74. The van der Waals surface area contributed by atoms with E-state index in [9.17, 15) is 9.59 Å². The molecular weight excluding hydrogens is 420 g/mol. The van der Waals surface area contributed by atoms with Gasteiger partial charge in [0.25, 0.3) is 5.91 Å². The van der Waals surface area contributed by atoms with Crippen LogP contribution >= 0.6 is 11.8 Å². The van der Waals surface area contributed by atoms with E-state index < -0.39 is 0 Å². The number of nitrogens with one attached hydrogen (secondary N) is 2. The Kier molecular flexibility index (Phi) is 7.53. The Morgan fingerprint density at radius 3 is 2.69 bits per heavy atom. The van der Waals surface area contributed by atoms with Crippen molar-refractivity contribution in [2.45, 2.75) is 43.9 Å². The third-order valence-corrected chi connectivity index (χ3v) is 7.45. The summed E-state index contributed by atoms with van der Waals surface area (Å²) < 4.78 is 5.47. The summed E-state index contributed by atoms with van der Waals surface area (Å²) >= 11 is 1.66. The molecule has 168 valence electrons. The molecular formula is C26H30N2O3S. The molecule has 2 aliphatic rings. The summed E-state index contributed by atoms with van der Waals surface area (Å²) in [5.41, 5.74) is 2.20. The molecule has 2 amide bonds. The zero-order valence-electron chi connectivity index (χ0n) is 18.4. The monoisotopic (exact) mass is 450 g/mol. The minimum atomic E-state index is -0.0443. The van der Waals surface area contributed by atoms with Crippen molar-refractivity contribution < 1.29 is 14.3 Å². The van der Waals surface area contributed by atoms with Gasteiger partial charge in [-0.1, -0.05) is 42.5 Å². The molecule has 1 saturated heterocycles. The number of rotatable bonds is 7. The first-order valence-electron chi connectivity index (χ1n) is 11.4. The largest absolute Gasteiger partial charge is 0.494 e. The van der Waals surface area contributed by atoms with Gasteiger partial charge in [-0.05, 0) is 61.9 Å². The molecule has 1 aliphatic heterocycles. The van der Waals surface area contributed by atoms with Crippen LogP contribution < -0.4 is 15.4 Å². The van der Waals surface area contributed by atoms with Crippen molar-refractivity contribution in [1.82, 2.24) is 10.6 Å². The first-order chi connectivity index (χ1) is 15.6. The van der Waals surface area contributed by atoms with Gasteiger partial charge in [0.2, 0.25) is 5.91 Å². The van der Waals surface area contributed by atoms with Gasteiger partial charge in [-0.3, -0.25) is 9.59 Å². The zero-order valence-corrected chi connectivity index (χ0v) is 19.2. The van der Waals surface area contributed by atoms with Gasteiger partial charge < -0.3 is 15.4 Å². The Morgan fingerprint density at radius 2 is 1.94 bits per heavy atom. The van der Waals surface area contributed by atoms with Gasteiger partial charge in [-0.15, -0.1) is 11.8 Å². The topological polar surface area (TPSA) is 67.4 Å². The quantitative estimate of drug-likeness (QED) is 0.621. The van der Waals surface area contributed by atoms with Crippen LogP contribution in [0.1, 0.15) is 37.3 Å². The lowest BCUT2D eigenvalue weighted by Crippen LogP contribution is -2.51. The second-order valence-corrected chi connectivity index (χ2v) is 9.56. The van der Waals surface area contributed by atoms with Crippen LogP contribution in [0.3, 0.4) is 0 Å². The maximum absolute atomic E-state index is 12.7. The Morgan fingerprint density at radius 1 is 1.16 bits per heavy atom. The molecule has 0 spiro atoms. The van der Waals surface area contributed by atoms with Gasteiger partial charge in [-0.25, -0.2) is 0 Å². The molecule has 5 nitrogen and oxygen atoms in total. The van der Waals surface area contributed by atoms with Crippen LogP contribution in [0.15, 0.2) is 59.5 Å². The van der Waals surface area contributed by atoms with Crippen LogP contribution in [-0.4, -0.2) is 36.3 Å². The highest BCUT2D eigenvalue weighted by Gasteiger charge is 2.39. The summed E-state index contributed by atoms with van der Waals surface area (Å²) in [6, 6.07) is 18.0. The highest BCUT2D eigenvalue weighted by atomic mass is 32.2. The van der Waals surface area contributed by atoms with Crippen LogP contribution in [0, 0.1) is 5.92 Å². The van der Waals surface area contributed by atoms with E-state index in [1.807, 2.05) is 67.6 Å². The minimum Gasteiger partial charge on any atom is -0.494 e. The Bertz CT molecular complexity index is 959. The van der Waals surface area contributed by atoms with E-state index >= 15 is 0 Å². The molecule has 3 unspecified atom stereocenters. The molecule has 2 aromatic rings. The summed E-state index contributed by atoms with van der Waals surface area (Å²) in [6.07, 6.45) is 5.24. The number of carbonyl (C=O) groups excluding carboxylic acids is 2. The van der Waals surface area contributed by atoms with Crippen LogP contribution in [0.5, 0.6) is 5.75 Å². The fraction of sp³-hybridized carbons (Fsp3) is 0.385. The van der Waals surface area contributed by atoms with Gasteiger partial charge >= 0.3 is 0 Å². The summed E-state index contributed by atoms with van der Waals surface area (Å²) in [5, 5.41) is 6.57. The molecule has 1 heterocycles. The Balaban J connectivity index is 1.25. The van der Waals surface area contributed by atoms with E-state index in [0.717, 1.165) is 35.5 Å². The maximum Gasteiger partial charge on any atom is 0.257 e. The van der Waals surface area contributed by atoms with E-state index in [-0.39, 0.29) is 23.8 Å².